The van der Waals surface area contributed by atoms with Gasteiger partial charge in [0, 0.05) is 31.6 Å². The van der Waals surface area contributed by atoms with Gasteiger partial charge in [0.25, 0.3) is 0 Å². The van der Waals surface area contributed by atoms with Crippen LogP contribution in [0.5, 0.6) is 0 Å². The van der Waals surface area contributed by atoms with Crippen LogP contribution in [0.15, 0.2) is 0 Å². The summed E-state index contributed by atoms with van der Waals surface area (Å²) in [7, 11) is 0. The quantitative estimate of drug-likeness (QED) is 0.802. The fourth-order valence-corrected chi connectivity index (χ4v) is 2.79. The highest BCUT2D eigenvalue weighted by Crippen LogP contribution is 2.18. The zero-order valence-corrected chi connectivity index (χ0v) is 14.6. The molecule has 0 aliphatic carbocycles. The molecule has 2 saturated heterocycles. The topological polar surface area (TPSA) is 53.6 Å². The van der Waals surface area contributed by atoms with E-state index >= 15 is 0 Å². The van der Waals surface area contributed by atoms with E-state index in [1.54, 1.807) is 0 Å². The number of hydrogen-bond acceptors (Lipinski definition) is 4. The van der Waals surface area contributed by atoms with Gasteiger partial charge in [0.15, 0.2) is 0 Å². The van der Waals surface area contributed by atoms with Crippen molar-refractivity contribution >= 4 is 30.7 Å². The Morgan fingerprint density at radius 1 is 1.33 bits per heavy atom. The van der Waals surface area contributed by atoms with Crippen molar-refractivity contribution in [2.75, 3.05) is 39.3 Å². The van der Waals surface area contributed by atoms with Gasteiger partial charge in [-0.3, -0.25) is 4.79 Å². The molecular weight excluding hydrogens is 313 g/mol. The molecular formula is C14H29Cl2N3O2. The molecule has 0 spiro atoms. The maximum absolute atomic E-state index is 12.1. The summed E-state index contributed by atoms with van der Waals surface area (Å²) in [5.41, 5.74) is 0. The third-order valence-electron chi connectivity index (χ3n) is 4.14. The summed E-state index contributed by atoms with van der Waals surface area (Å²) < 4.78 is 5.58. The molecule has 7 heteroatoms. The number of nitrogens with zero attached hydrogens (tertiary/aromatic N) is 1. The van der Waals surface area contributed by atoms with Crippen LogP contribution in [0.2, 0.25) is 0 Å². The van der Waals surface area contributed by atoms with Crippen LogP contribution in [-0.2, 0) is 9.53 Å². The molecule has 0 bridgehead atoms. The van der Waals surface area contributed by atoms with Gasteiger partial charge in [-0.05, 0) is 39.8 Å². The normalized spacial score (nSPS) is 24.0. The first-order valence-electron chi connectivity index (χ1n) is 7.51. The van der Waals surface area contributed by atoms with Crippen LogP contribution in [0, 0.1) is 5.92 Å². The van der Waals surface area contributed by atoms with Crippen molar-refractivity contribution in [3.63, 3.8) is 0 Å². The number of carbonyl (C=O) groups is 1. The first kappa shape index (κ1) is 20.9. The van der Waals surface area contributed by atoms with Gasteiger partial charge in [0.2, 0.25) is 5.91 Å². The number of piperidine rings is 1. The number of carbonyl (C=O) groups excluding carboxylic acids is 1. The van der Waals surface area contributed by atoms with Gasteiger partial charge in [-0.15, -0.1) is 24.8 Å². The molecule has 2 N–H and O–H groups in total. The number of likely N-dealkylation sites (tertiary alicyclic amines) is 1. The van der Waals surface area contributed by atoms with Crippen LogP contribution < -0.4 is 10.6 Å². The van der Waals surface area contributed by atoms with Gasteiger partial charge in [-0.25, -0.2) is 0 Å². The van der Waals surface area contributed by atoms with E-state index in [1.165, 1.54) is 0 Å². The van der Waals surface area contributed by atoms with E-state index in [1.807, 2.05) is 0 Å². The van der Waals surface area contributed by atoms with E-state index in [0.717, 1.165) is 45.6 Å². The number of halogens is 2. The lowest BCUT2D eigenvalue weighted by atomic mass is 9.95. The Morgan fingerprint density at radius 2 is 2.00 bits per heavy atom. The molecule has 1 amide bonds. The first-order valence-corrected chi connectivity index (χ1v) is 7.51. The molecule has 2 rings (SSSR count). The molecule has 0 aromatic rings. The second kappa shape index (κ2) is 10.6. The van der Waals surface area contributed by atoms with Crippen molar-refractivity contribution in [3.8, 4) is 0 Å². The lowest BCUT2D eigenvalue weighted by molar-refractivity contribution is -0.127. The monoisotopic (exact) mass is 341 g/mol. The summed E-state index contributed by atoms with van der Waals surface area (Å²) in [6.07, 6.45) is 2.09. The van der Waals surface area contributed by atoms with Gasteiger partial charge in [-0.2, -0.15) is 0 Å². The van der Waals surface area contributed by atoms with Crippen molar-refractivity contribution in [2.45, 2.75) is 38.8 Å². The van der Waals surface area contributed by atoms with Crippen molar-refractivity contribution in [3.05, 3.63) is 0 Å². The number of hydrogen-bond donors (Lipinski definition) is 2. The molecule has 0 aromatic heterocycles. The predicted octanol–water partition coefficient (Wildman–Crippen LogP) is 1.05. The maximum Gasteiger partial charge on any atom is 0.223 e. The van der Waals surface area contributed by atoms with Gasteiger partial charge in [-0.1, -0.05) is 0 Å². The van der Waals surface area contributed by atoms with Crippen LogP contribution in [0.4, 0.5) is 0 Å². The molecule has 1 unspecified atom stereocenters. The lowest BCUT2D eigenvalue weighted by Crippen LogP contribution is -2.48. The Hall–Kier alpha value is -0.0700. The number of morpholine rings is 1. The third-order valence-corrected chi connectivity index (χ3v) is 4.14. The van der Waals surface area contributed by atoms with Gasteiger partial charge >= 0.3 is 0 Å². The highest BCUT2D eigenvalue weighted by Gasteiger charge is 2.26. The van der Waals surface area contributed by atoms with Crippen molar-refractivity contribution < 1.29 is 9.53 Å². The molecule has 2 heterocycles. The summed E-state index contributed by atoms with van der Waals surface area (Å²) in [6, 6.07) is 0.589. The van der Waals surface area contributed by atoms with Crippen LogP contribution >= 0.6 is 24.8 Å². The average molecular weight is 342 g/mol. The number of rotatable bonds is 4. The Morgan fingerprint density at radius 3 is 2.52 bits per heavy atom. The zero-order valence-electron chi connectivity index (χ0n) is 13.0. The molecule has 1 atom stereocenters. The Labute approximate surface area is 140 Å². The van der Waals surface area contributed by atoms with Crippen LogP contribution in [0.25, 0.3) is 0 Å². The fraction of sp³-hybridized carbons (Fsp3) is 0.929. The SMILES string of the molecule is CC(C)N1CCC(C(=O)NCC2CNCCO2)CC1.Cl.Cl. The number of amides is 1. The fourth-order valence-electron chi connectivity index (χ4n) is 2.79. The summed E-state index contributed by atoms with van der Waals surface area (Å²) in [5, 5.41) is 6.32. The molecule has 126 valence electrons. The number of nitrogens with one attached hydrogen (secondary N) is 2. The van der Waals surface area contributed by atoms with E-state index in [9.17, 15) is 4.79 Å². The van der Waals surface area contributed by atoms with Crippen molar-refractivity contribution in [1.29, 1.82) is 0 Å². The molecule has 0 aromatic carbocycles. The molecule has 5 nitrogen and oxygen atoms in total. The second-order valence-electron chi connectivity index (χ2n) is 5.85. The standard InChI is InChI=1S/C14H27N3O2.2ClH/c1-11(2)17-6-3-12(4-7-17)14(18)16-10-13-9-15-5-8-19-13;;/h11-13,15H,3-10H2,1-2H3,(H,16,18);2*1H. The Balaban J connectivity index is 0.00000200. The summed E-state index contributed by atoms with van der Waals surface area (Å²) in [6.45, 7) is 9.64. The van der Waals surface area contributed by atoms with E-state index in [4.69, 9.17) is 4.74 Å². The zero-order chi connectivity index (χ0) is 13.7. The van der Waals surface area contributed by atoms with E-state index in [-0.39, 0.29) is 42.7 Å². The molecule has 2 aliphatic rings. The summed E-state index contributed by atoms with van der Waals surface area (Å²) in [5.74, 6) is 0.393. The average Bonchev–Trinajstić information content (AvgIpc) is 2.46. The minimum atomic E-state index is 0. The first-order chi connectivity index (χ1) is 9.16. The molecule has 0 radical (unpaired) electrons. The van der Waals surface area contributed by atoms with Crippen LogP contribution in [0.1, 0.15) is 26.7 Å². The molecule has 2 fully saturated rings. The van der Waals surface area contributed by atoms with Gasteiger partial charge < -0.3 is 20.3 Å². The molecule has 2 aliphatic heterocycles. The van der Waals surface area contributed by atoms with Crippen LogP contribution in [0.3, 0.4) is 0 Å². The number of ether oxygens (including phenoxy) is 1. The lowest BCUT2D eigenvalue weighted by Gasteiger charge is -2.34. The summed E-state index contributed by atoms with van der Waals surface area (Å²) in [4.78, 5) is 14.6. The highest BCUT2D eigenvalue weighted by molar-refractivity contribution is 5.85. The smallest absolute Gasteiger partial charge is 0.223 e. The largest absolute Gasteiger partial charge is 0.374 e. The molecule has 0 saturated carbocycles. The highest BCUT2D eigenvalue weighted by atomic mass is 35.5. The maximum atomic E-state index is 12.1. The minimum absolute atomic E-state index is 0. The summed E-state index contributed by atoms with van der Waals surface area (Å²) >= 11 is 0. The predicted molar refractivity (Wildman–Crippen MR) is 89.5 cm³/mol. The minimum Gasteiger partial charge on any atom is -0.374 e. The van der Waals surface area contributed by atoms with Crippen molar-refractivity contribution in [1.82, 2.24) is 15.5 Å². The second-order valence-corrected chi connectivity index (χ2v) is 5.85. The van der Waals surface area contributed by atoms with Gasteiger partial charge in [0.1, 0.15) is 0 Å². The van der Waals surface area contributed by atoms with Gasteiger partial charge in [0.05, 0.1) is 12.7 Å². The Kier molecular flexibility index (Phi) is 10.6. The Bertz CT molecular complexity index is 292. The van der Waals surface area contributed by atoms with E-state index in [0.29, 0.717) is 12.6 Å². The van der Waals surface area contributed by atoms with E-state index in [2.05, 4.69) is 29.4 Å². The van der Waals surface area contributed by atoms with Crippen LogP contribution in [-0.4, -0.2) is 62.3 Å². The third kappa shape index (κ3) is 6.70. The van der Waals surface area contributed by atoms with Crippen molar-refractivity contribution in [2.24, 2.45) is 5.92 Å². The molecule has 21 heavy (non-hydrogen) atoms. The van der Waals surface area contributed by atoms with E-state index < -0.39 is 0 Å².